The van der Waals surface area contributed by atoms with Crippen molar-refractivity contribution in [1.29, 1.82) is 0 Å². The quantitative estimate of drug-likeness (QED) is 0.421. The molecular weight excluding hydrogens is 349 g/mol. The third kappa shape index (κ3) is 5.01. The van der Waals surface area contributed by atoms with Crippen LogP contribution in [0.1, 0.15) is 25.8 Å². The predicted molar refractivity (Wildman–Crippen MR) is 103 cm³/mol. The number of aromatic nitrogens is 1. The smallest absolute Gasteiger partial charge is 0.261 e. The standard InChI is InChI=1S/C19H26N3O3P/c1-15(2)12-18(19(23)21-24)22(14-16-8-7-11-20-13-16)26(3,25)17-9-5-4-6-10-17/h4-11,13,15,18,24H,12,14H2,1-3H3,(H,21,23)/t18-,26?/m1/s1. The summed E-state index contributed by atoms with van der Waals surface area (Å²) in [7, 11) is -3.07. The second kappa shape index (κ2) is 9.08. The molecular formula is C19H26N3O3P. The minimum atomic E-state index is -3.07. The molecule has 1 heterocycles. The molecule has 2 N–H and O–H groups in total. The van der Waals surface area contributed by atoms with E-state index in [1.807, 2.05) is 38.1 Å². The Morgan fingerprint density at radius 2 is 1.92 bits per heavy atom. The summed E-state index contributed by atoms with van der Waals surface area (Å²) < 4.78 is 15.5. The summed E-state index contributed by atoms with van der Waals surface area (Å²) in [4.78, 5) is 16.5. The number of benzene rings is 1. The largest absolute Gasteiger partial charge is 0.302 e. The van der Waals surface area contributed by atoms with E-state index in [9.17, 15) is 14.6 Å². The normalized spacial score (nSPS) is 14.8. The highest BCUT2D eigenvalue weighted by atomic mass is 31.2. The SMILES string of the molecule is CC(C)C[C@H](C(=O)NO)N(Cc1cccnc1)P(C)(=O)c1ccccc1. The Hall–Kier alpha value is -2.01. The molecule has 0 aliphatic rings. The van der Waals surface area contributed by atoms with Crippen LogP contribution < -0.4 is 10.8 Å². The molecule has 0 fully saturated rings. The van der Waals surface area contributed by atoms with E-state index in [-0.39, 0.29) is 5.92 Å². The van der Waals surface area contributed by atoms with E-state index < -0.39 is 19.2 Å². The molecule has 2 atom stereocenters. The van der Waals surface area contributed by atoms with Crippen LogP contribution in [0, 0.1) is 5.92 Å². The zero-order valence-corrected chi connectivity index (χ0v) is 16.3. The molecule has 1 amide bonds. The van der Waals surface area contributed by atoms with Crippen LogP contribution in [0.25, 0.3) is 0 Å². The van der Waals surface area contributed by atoms with E-state index in [4.69, 9.17) is 0 Å². The van der Waals surface area contributed by atoms with Gasteiger partial charge >= 0.3 is 0 Å². The Morgan fingerprint density at radius 1 is 1.23 bits per heavy atom. The van der Waals surface area contributed by atoms with E-state index in [0.29, 0.717) is 18.3 Å². The molecule has 0 saturated heterocycles. The van der Waals surface area contributed by atoms with Gasteiger partial charge in [-0.15, -0.1) is 0 Å². The van der Waals surface area contributed by atoms with Crippen molar-refractivity contribution >= 4 is 18.5 Å². The first kappa shape index (κ1) is 20.3. The summed E-state index contributed by atoms with van der Waals surface area (Å²) in [5.74, 6) is -0.370. The van der Waals surface area contributed by atoms with Crippen molar-refractivity contribution in [3.8, 4) is 0 Å². The Kier molecular flexibility index (Phi) is 7.09. The number of nitrogens with one attached hydrogen (secondary N) is 1. The van der Waals surface area contributed by atoms with Gasteiger partial charge in [-0.2, -0.15) is 0 Å². The summed E-state index contributed by atoms with van der Waals surface area (Å²) in [6.07, 6.45) is 3.83. The Labute approximate surface area is 154 Å². The van der Waals surface area contributed by atoms with Crippen LogP contribution in [0.2, 0.25) is 0 Å². The van der Waals surface area contributed by atoms with Crippen LogP contribution in [-0.2, 0) is 15.9 Å². The van der Waals surface area contributed by atoms with Gasteiger partial charge in [-0.3, -0.25) is 15.0 Å². The highest BCUT2D eigenvalue weighted by Crippen LogP contribution is 2.48. The summed E-state index contributed by atoms with van der Waals surface area (Å²) in [5, 5.41) is 9.91. The lowest BCUT2D eigenvalue weighted by Crippen LogP contribution is -2.46. The average molecular weight is 375 g/mol. The van der Waals surface area contributed by atoms with E-state index in [1.165, 1.54) is 0 Å². The van der Waals surface area contributed by atoms with Crippen molar-refractivity contribution < 1.29 is 14.6 Å². The molecule has 0 aliphatic carbocycles. The summed E-state index contributed by atoms with van der Waals surface area (Å²) in [6, 6.07) is 12.1. The third-order valence-electron chi connectivity index (χ3n) is 4.26. The maximum Gasteiger partial charge on any atom is 0.261 e. The number of carbonyl (C=O) groups excluding carboxylic acids is 1. The molecule has 2 rings (SSSR count). The molecule has 0 saturated carbocycles. The molecule has 140 valence electrons. The van der Waals surface area contributed by atoms with E-state index in [1.54, 1.807) is 47.4 Å². The lowest BCUT2D eigenvalue weighted by molar-refractivity contribution is -0.133. The van der Waals surface area contributed by atoms with Crippen LogP contribution in [0.3, 0.4) is 0 Å². The lowest BCUT2D eigenvalue weighted by atomic mass is 10.0. The van der Waals surface area contributed by atoms with Gasteiger partial charge < -0.3 is 4.57 Å². The molecule has 1 aromatic heterocycles. The van der Waals surface area contributed by atoms with Gasteiger partial charge in [-0.1, -0.05) is 50.2 Å². The predicted octanol–water partition coefficient (Wildman–Crippen LogP) is 3.04. The van der Waals surface area contributed by atoms with Crippen molar-refractivity contribution in [2.45, 2.75) is 32.9 Å². The number of hydroxylamine groups is 1. The average Bonchev–Trinajstić information content (AvgIpc) is 2.65. The Bertz CT molecular complexity index is 753. The Balaban J connectivity index is 2.49. The van der Waals surface area contributed by atoms with Crippen molar-refractivity contribution in [3.05, 3.63) is 60.4 Å². The monoisotopic (exact) mass is 375 g/mol. The van der Waals surface area contributed by atoms with E-state index in [2.05, 4.69) is 4.98 Å². The van der Waals surface area contributed by atoms with Gasteiger partial charge in [0.05, 0.1) is 6.04 Å². The van der Waals surface area contributed by atoms with Crippen LogP contribution >= 0.6 is 7.29 Å². The molecule has 6 nitrogen and oxygen atoms in total. The first-order valence-corrected chi connectivity index (χ1v) is 10.7. The van der Waals surface area contributed by atoms with Gasteiger partial charge in [0.2, 0.25) is 0 Å². The number of rotatable bonds is 8. The molecule has 1 aromatic carbocycles. The zero-order valence-electron chi connectivity index (χ0n) is 15.4. The van der Waals surface area contributed by atoms with Gasteiger partial charge in [0.25, 0.3) is 5.91 Å². The lowest BCUT2D eigenvalue weighted by Gasteiger charge is -2.36. The van der Waals surface area contributed by atoms with Crippen molar-refractivity contribution in [2.75, 3.05) is 6.66 Å². The van der Waals surface area contributed by atoms with Gasteiger partial charge in [-0.25, -0.2) is 10.2 Å². The highest BCUT2D eigenvalue weighted by Gasteiger charge is 2.37. The second-order valence-corrected chi connectivity index (χ2v) is 9.58. The van der Waals surface area contributed by atoms with Crippen LogP contribution in [0.4, 0.5) is 0 Å². The number of nitrogens with zero attached hydrogens (tertiary/aromatic N) is 2. The van der Waals surface area contributed by atoms with Gasteiger partial charge in [-0.05, 0) is 24.0 Å². The molecule has 0 aliphatic heterocycles. The highest BCUT2D eigenvalue weighted by molar-refractivity contribution is 7.68. The van der Waals surface area contributed by atoms with Gasteiger partial charge in [0.1, 0.15) is 0 Å². The zero-order chi connectivity index (χ0) is 19.2. The molecule has 0 bridgehead atoms. The number of amides is 1. The molecule has 2 aromatic rings. The van der Waals surface area contributed by atoms with Crippen molar-refractivity contribution in [2.24, 2.45) is 5.92 Å². The van der Waals surface area contributed by atoms with E-state index >= 15 is 0 Å². The Morgan fingerprint density at radius 3 is 2.46 bits per heavy atom. The van der Waals surface area contributed by atoms with Crippen LogP contribution in [-0.4, -0.2) is 33.5 Å². The van der Waals surface area contributed by atoms with Crippen molar-refractivity contribution in [3.63, 3.8) is 0 Å². The number of hydrogen-bond donors (Lipinski definition) is 2. The van der Waals surface area contributed by atoms with Gasteiger partial charge in [0.15, 0.2) is 7.29 Å². The fraction of sp³-hybridized carbons (Fsp3) is 0.368. The topological polar surface area (TPSA) is 82.5 Å². The molecule has 0 radical (unpaired) electrons. The first-order chi connectivity index (χ1) is 12.4. The molecule has 1 unspecified atom stereocenters. The van der Waals surface area contributed by atoms with Crippen LogP contribution in [0.15, 0.2) is 54.9 Å². The first-order valence-electron chi connectivity index (χ1n) is 8.59. The fourth-order valence-electron chi connectivity index (χ4n) is 2.93. The van der Waals surface area contributed by atoms with Crippen LogP contribution in [0.5, 0.6) is 0 Å². The number of pyridine rings is 1. The minimum Gasteiger partial charge on any atom is -0.302 e. The van der Waals surface area contributed by atoms with Gasteiger partial charge in [0, 0.05) is 30.9 Å². The summed E-state index contributed by atoms with van der Waals surface area (Å²) >= 11 is 0. The second-order valence-electron chi connectivity index (χ2n) is 6.79. The third-order valence-corrected chi connectivity index (χ3v) is 6.92. The van der Waals surface area contributed by atoms with Crippen molar-refractivity contribution in [1.82, 2.24) is 15.1 Å². The number of hydrogen-bond acceptors (Lipinski definition) is 4. The minimum absolute atomic E-state index is 0.185. The maximum atomic E-state index is 13.8. The number of carbonyl (C=O) groups is 1. The van der Waals surface area contributed by atoms with E-state index in [0.717, 1.165) is 5.56 Å². The molecule has 0 spiro atoms. The molecule has 26 heavy (non-hydrogen) atoms. The molecule has 7 heteroatoms. The summed E-state index contributed by atoms with van der Waals surface area (Å²) in [5.41, 5.74) is 2.59. The summed E-state index contributed by atoms with van der Waals surface area (Å²) in [6.45, 7) is 5.93. The fourth-order valence-corrected chi connectivity index (χ4v) is 5.11. The maximum absolute atomic E-state index is 13.8.